The highest BCUT2D eigenvalue weighted by atomic mass is 16.5. The van der Waals surface area contributed by atoms with Crippen LogP contribution in [0.4, 0.5) is 5.69 Å². The largest absolute Gasteiger partial charge is 0.396 e. The molecule has 26 heavy (non-hydrogen) atoms. The third-order valence-corrected chi connectivity index (χ3v) is 3.42. The predicted molar refractivity (Wildman–Crippen MR) is 113 cm³/mol. The molecule has 0 radical (unpaired) electrons. The third kappa shape index (κ3) is 12.8. The second-order valence-corrected chi connectivity index (χ2v) is 6.13. The van der Waals surface area contributed by atoms with Crippen molar-refractivity contribution in [2.75, 3.05) is 25.9 Å². The van der Waals surface area contributed by atoms with Crippen molar-refractivity contribution in [3.63, 3.8) is 0 Å². The minimum atomic E-state index is 0.0417. The fourth-order valence-electron chi connectivity index (χ4n) is 1.73. The van der Waals surface area contributed by atoms with Crippen LogP contribution in [-0.2, 0) is 9.53 Å². The molecule has 6 nitrogen and oxygen atoms in total. The summed E-state index contributed by atoms with van der Waals surface area (Å²) in [4.78, 5) is 12.1. The minimum absolute atomic E-state index is 0.0417. The summed E-state index contributed by atoms with van der Waals surface area (Å²) in [6.45, 7) is 21.8. The highest BCUT2D eigenvalue weighted by Crippen LogP contribution is 2.26. The fraction of sp³-hybridized carbons (Fsp3) is 0.800. The van der Waals surface area contributed by atoms with Crippen LogP contribution in [0.15, 0.2) is 12.4 Å². The van der Waals surface area contributed by atoms with Gasteiger partial charge in [0.2, 0.25) is 6.41 Å². The van der Waals surface area contributed by atoms with Gasteiger partial charge >= 0.3 is 0 Å². The van der Waals surface area contributed by atoms with Crippen molar-refractivity contribution in [2.24, 2.45) is 5.92 Å². The van der Waals surface area contributed by atoms with Crippen molar-refractivity contribution in [1.82, 2.24) is 14.7 Å². The number of nitrogens with zero attached hydrogens (tertiary/aromatic N) is 3. The zero-order chi connectivity index (χ0) is 21.3. The molecule has 0 saturated carbocycles. The second-order valence-electron chi connectivity index (χ2n) is 6.13. The number of hydrogen-bond donors (Lipinski definition) is 1. The van der Waals surface area contributed by atoms with Crippen molar-refractivity contribution in [2.45, 2.75) is 80.9 Å². The first kappa shape index (κ1) is 29.2. The molecule has 2 heterocycles. The van der Waals surface area contributed by atoms with E-state index in [4.69, 9.17) is 10.5 Å². The number of nitrogen functional groups attached to an aromatic ring is 1. The molecule has 1 amide bonds. The molecule has 1 unspecified atom stereocenters. The SMILES string of the molecule is CC.CC.CC.CC(C1CN(C=O)C1)n1cc(N)cn1.COC(C)(C)C. The normalized spacial score (nSPS) is 13.7. The van der Waals surface area contributed by atoms with Gasteiger partial charge in [-0.15, -0.1) is 0 Å². The van der Waals surface area contributed by atoms with Gasteiger partial charge in [-0.05, 0) is 27.7 Å². The number of anilines is 1. The van der Waals surface area contributed by atoms with Gasteiger partial charge in [0.25, 0.3) is 0 Å². The van der Waals surface area contributed by atoms with Gasteiger partial charge in [0.05, 0.1) is 23.5 Å². The van der Waals surface area contributed by atoms with Gasteiger partial charge in [-0.1, -0.05) is 41.5 Å². The third-order valence-electron chi connectivity index (χ3n) is 3.42. The topological polar surface area (TPSA) is 73.4 Å². The van der Waals surface area contributed by atoms with Crippen molar-refractivity contribution in [3.8, 4) is 0 Å². The number of carbonyl (C=O) groups excluding carboxylic acids is 1. The van der Waals surface area contributed by atoms with E-state index >= 15 is 0 Å². The molecule has 1 aromatic rings. The Kier molecular flexibility index (Phi) is 19.0. The number of nitrogens with two attached hydrogens (primary N) is 1. The van der Waals surface area contributed by atoms with Crippen LogP contribution in [0.1, 0.15) is 75.3 Å². The molecule has 156 valence electrons. The Labute approximate surface area is 162 Å². The first-order valence-electron chi connectivity index (χ1n) is 9.81. The van der Waals surface area contributed by atoms with E-state index in [0.29, 0.717) is 17.6 Å². The number of aromatic nitrogens is 2. The van der Waals surface area contributed by atoms with Gasteiger partial charge in [-0.3, -0.25) is 9.48 Å². The lowest BCUT2D eigenvalue weighted by molar-refractivity contribution is -0.124. The van der Waals surface area contributed by atoms with Crippen LogP contribution in [0, 0.1) is 5.92 Å². The Bertz CT molecular complexity index is 422. The lowest BCUT2D eigenvalue weighted by Gasteiger charge is -2.39. The maximum absolute atomic E-state index is 10.4. The fourth-order valence-corrected chi connectivity index (χ4v) is 1.73. The molecule has 1 aromatic heterocycles. The molecule has 2 rings (SSSR count). The van der Waals surface area contributed by atoms with Crippen LogP contribution >= 0.6 is 0 Å². The molecule has 1 aliphatic heterocycles. The van der Waals surface area contributed by atoms with Gasteiger partial charge in [0, 0.05) is 32.3 Å². The quantitative estimate of drug-likeness (QED) is 0.785. The summed E-state index contributed by atoms with van der Waals surface area (Å²) in [6.07, 6.45) is 4.36. The van der Waals surface area contributed by atoms with Gasteiger partial charge in [-0.2, -0.15) is 5.10 Å². The summed E-state index contributed by atoms with van der Waals surface area (Å²) < 4.78 is 6.80. The smallest absolute Gasteiger partial charge is 0.209 e. The number of rotatable bonds is 3. The summed E-state index contributed by atoms with van der Waals surface area (Å²) >= 11 is 0. The Morgan fingerprint density at radius 3 is 1.88 bits per heavy atom. The summed E-state index contributed by atoms with van der Waals surface area (Å²) in [5, 5.41) is 4.15. The van der Waals surface area contributed by atoms with E-state index in [1.54, 1.807) is 18.2 Å². The molecule has 0 bridgehead atoms. The Morgan fingerprint density at radius 2 is 1.62 bits per heavy atom. The Hall–Kier alpha value is -1.56. The number of hydrogen-bond acceptors (Lipinski definition) is 4. The summed E-state index contributed by atoms with van der Waals surface area (Å²) in [7, 11) is 1.71. The number of carbonyl (C=O) groups is 1. The number of likely N-dealkylation sites (tertiary alicyclic amines) is 1. The van der Waals surface area contributed by atoms with Gasteiger partial charge in [0.15, 0.2) is 0 Å². The second kappa shape index (κ2) is 16.9. The van der Waals surface area contributed by atoms with Crippen LogP contribution in [0.5, 0.6) is 0 Å². The maximum Gasteiger partial charge on any atom is 0.209 e. The standard InChI is InChI=1S/C9H14N4O.C5H12O.3C2H6/c1-7(8-3-12(4-8)6-14)13-5-9(10)2-11-13;1-5(2,3)6-4;3*1-2/h2,5-8H,3-4,10H2,1H3;1-4H3;3*1-2H3. The van der Waals surface area contributed by atoms with Crippen molar-refractivity contribution < 1.29 is 9.53 Å². The molecule has 0 aliphatic carbocycles. The van der Waals surface area contributed by atoms with E-state index in [0.717, 1.165) is 19.5 Å². The molecular weight excluding hydrogens is 328 g/mol. The van der Waals surface area contributed by atoms with Crippen molar-refractivity contribution in [3.05, 3.63) is 12.4 Å². The molecule has 1 aliphatic rings. The molecule has 1 saturated heterocycles. The van der Waals surface area contributed by atoms with E-state index in [9.17, 15) is 4.79 Å². The van der Waals surface area contributed by atoms with Crippen LogP contribution in [-0.4, -0.2) is 46.9 Å². The average Bonchev–Trinajstić information content (AvgIpc) is 3.06. The minimum Gasteiger partial charge on any atom is -0.396 e. The average molecular weight is 373 g/mol. The van der Waals surface area contributed by atoms with E-state index in [-0.39, 0.29) is 5.60 Å². The van der Waals surface area contributed by atoms with E-state index in [1.807, 2.05) is 73.2 Å². The van der Waals surface area contributed by atoms with Crippen LogP contribution in [0.3, 0.4) is 0 Å². The number of ether oxygens (including phenoxy) is 1. The maximum atomic E-state index is 10.4. The molecule has 2 N–H and O–H groups in total. The van der Waals surface area contributed by atoms with Crippen molar-refractivity contribution >= 4 is 12.1 Å². The summed E-state index contributed by atoms with van der Waals surface area (Å²) in [6, 6.07) is 0.309. The van der Waals surface area contributed by atoms with Gasteiger partial charge in [0.1, 0.15) is 0 Å². The first-order valence-corrected chi connectivity index (χ1v) is 9.81. The Balaban J connectivity index is -0.000000374. The van der Waals surface area contributed by atoms with Crippen LogP contribution in [0.2, 0.25) is 0 Å². The molecular formula is C20H44N4O2. The first-order chi connectivity index (χ1) is 12.3. The zero-order valence-corrected chi connectivity index (χ0v) is 19.0. The lowest BCUT2D eigenvalue weighted by atomic mass is 9.93. The van der Waals surface area contributed by atoms with Gasteiger partial charge in [-0.25, -0.2) is 0 Å². The lowest BCUT2D eigenvalue weighted by Crippen LogP contribution is -2.48. The molecule has 1 atom stereocenters. The highest BCUT2D eigenvalue weighted by Gasteiger charge is 2.31. The molecule has 1 fully saturated rings. The number of amides is 1. The molecule has 6 heteroatoms. The zero-order valence-electron chi connectivity index (χ0n) is 19.0. The number of methoxy groups -OCH3 is 1. The van der Waals surface area contributed by atoms with E-state index in [2.05, 4.69) is 12.0 Å². The highest BCUT2D eigenvalue weighted by molar-refractivity contribution is 5.48. The van der Waals surface area contributed by atoms with Gasteiger partial charge < -0.3 is 15.4 Å². The monoisotopic (exact) mass is 372 g/mol. The molecule has 0 aromatic carbocycles. The predicted octanol–water partition coefficient (Wildman–Crippen LogP) is 4.62. The summed E-state index contributed by atoms with van der Waals surface area (Å²) in [5.74, 6) is 0.500. The Morgan fingerprint density at radius 1 is 1.19 bits per heavy atom. The van der Waals surface area contributed by atoms with E-state index in [1.165, 1.54) is 0 Å². The molecule has 0 spiro atoms. The van der Waals surface area contributed by atoms with E-state index < -0.39 is 0 Å². The summed E-state index contributed by atoms with van der Waals surface area (Å²) in [5.41, 5.74) is 6.30. The van der Waals surface area contributed by atoms with Crippen LogP contribution in [0.25, 0.3) is 0 Å². The van der Waals surface area contributed by atoms with Crippen molar-refractivity contribution in [1.29, 1.82) is 0 Å². The van der Waals surface area contributed by atoms with Crippen LogP contribution < -0.4 is 5.73 Å².